The Balaban J connectivity index is 1.99. The molecule has 1 amide bonds. The molecule has 2 N–H and O–H groups in total. The van der Waals surface area contributed by atoms with Crippen LogP contribution in [0.1, 0.15) is 12.5 Å². The molecule has 0 fully saturated rings. The molecular weight excluding hydrogens is 318 g/mol. The van der Waals surface area contributed by atoms with Crippen molar-refractivity contribution in [1.82, 2.24) is 0 Å². The highest BCUT2D eigenvalue weighted by atomic mass is 16.5. The summed E-state index contributed by atoms with van der Waals surface area (Å²) in [6.45, 7) is 1.78. The molecule has 6 nitrogen and oxygen atoms in total. The van der Waals surface area contributed by atoms with Crippen molar-refractivity contribution in [2.45, 2.75) is 19.4 Å². The third kappa shape index (κ3) is 4.88. The molecule has 2 aromatic carbocycles. The maximum atomic E-state index is 12.4. The van der Waals surface area contributed by atoms with Crippen molar-refractivity contribution < 1.29 is 14.3 Å². The van der Waals surface area contributed by atoms with E-state index in [2.05, 4.69) is 16.7 Å². The van der Waals surface area contributed by atoms with E-state index < -0.39 is 6.04 Å². The van der Waals surface area contributed by atoms with Crippen LogP contribution >= 0.6 is 0 Å². The smallest absolute Gasteiger partial charge is 0.246 e. The lowest BCUT2D eigenvalue weighted by Crippen LogP contribution is -2.31. The summed E-state index contributed by atoms with van der Waals surface area (Å²) in [5.41, 5.74) is 2.38. The predicted octanol–water partition coefficient (Wildman–Crippen LogP) is 3.21. The van der Waals surface area contributed by atoms with Gasteiger partial charge in [0.1, 0.15) is 6.04 Å². The van der Waals surface area contributed by atoms with Crippen LogP contribution in [0.5, 0.6) is 11.5 Å². The van der Waals surface area contributed by atoms with Crippen molar-refractivity contribution in [3.63, 3.8) is 0 Å². The molecule has 6 heteroatoms. The zero-order valence-corrected chi connectivity index (χ0v) is 14.5. The lowest BCUT2D eigenvalue weighted by molar-refractivity contribution is -0.116. The number of hydrogen-bond donors (Lipinski definition) is 2. The van der Waals surface area contributed by atoms with Crippen molar-refractivity contribution in [2.75, 3.05) is 24.9 Å². The van der Waals surface area contributed by atoms with Gasteiger partial charge in [-0.25, -0.2) is 0 Å². The molecular formula is C19H21N3O3. The Morgan fingerprint density at radius 2 is 1.72 bits per heavy atom. The van der Waals surface area contributed by atoms with Crippen LogP contribution in [0.25, 0.3) is 0 Å². The molecule has 0 aromatic heterocycles. The lowest BCUT2D eigenvalue weighted by atomic mass is 10.1. The number of carbonyl (C=O) groups is 1. The molecule has 0 aliphatic rings. The molecule has 1 unspecified atom stereocenters. The van der Waals surface area contributed by atoms with Gasteiger partial charge in [-0.2, -0.15) is 5.26 Å². The van der Waals surface area contributed by atoms with Gasteiger partial charge < -0.3 is 20.1 Å². The van der Waals surface area contributed by atoms with Gasteiger partial charge in [0.05, 0.1) is 26.7 Å². The Hall–Kier alpha value is -3.20. The van der Waals surface area contributed by atoms with Gasteiger partial charge in [0.2, 0.25) is 5.91 Å². The average Bonchev–Trinajstić information content (AvgIpc) is 2.63. The minimum Gasteiger partial charge on any atom is -0.493 e. The third-order valence-electron chi connectivity index (χ3n) is 3.66. The number of amides is 1. The van der Waals surface area contributed by atoms with E-state index in [-0.39, 0.29) is 5.91 Å². The highest BCUT2D eigenvalue weighted by Gasteiger charge is 2.14. The van der Waals surface area contributed by atoms with Gasteiger partial charge >= 0.3 is 0 Å². The maximum absolute atomic E-state index is 12.4. The zero-order chi connectivity index (χ0) is 18.2. The molecule has 25 heavy (non-hydrogen) atoms. The van der Waals surface area contributed by atoms with Crippen molar-refractivity contribution in [3.05, 3.63) is 48.0 Å². The molecule has 0 aliphatic heterocycles. The molecule has 0 saturated carbocycles. The van der Waals surface area contributed by atoms with E-state index in [9.17, 15) is 4.79 Å². The van der Waals surface area contributed by atoms with Crippen LogP contribution in [-0.4, -0.2) is 26.2 Å². The molecule has 0 bridgehead atoms. The van der Waals surface area contributed by atoms with Gasteiger partial charge in [-0.05, 0) is 36.8 Å². The van der Waals surface area contributed by atoms with E-state index in [4.69, 9.17) is 14.7 Å². The SMILES string of the molecule is COc1ccc(NC(=O)C(C)Nc2ccc(CC#N)cc2)cc1OC. The highest BCUT2D eigenvalue weighted by Crippen LogP contribution is 2.29. The topological polar surface area (TPSA) is 83.4 Å². The number of rotatable bonds is 7. The highest BCUT2D eigenvalue weighted by molar-refractivity contribution is 5.96. The number of nitrogens with zero attached hydrogens (tertiary/aromatic N) is 1. The number of nitrogens with one attached hydrogen (secondary N) is 2. The van der Waals surface area contributed by atoms with Crippen LogP contribution < -0.4 is 20.1 Å². The summed E-state index contributed by atoms with van der Waals surface area (Å²) < 4.78 is 10.4. The third-order valence-corrected chi connectivity index (χ3v) is 3.66. The maximum Gasteiger partial charge on any atom is 0.246 e. The summed E-state index contributed by atoms with van der Waals surface area (Å²) >= 11 is 0. The van der Waals surface area contributed by atoms with Crippen molar-refractivity contribution in [3.8, 4) is 17.6 Å². The van der Waals surface area contributed by atoms with Crippen LogP contribution in [0.15, 0.2) is 42.5 Å². The van der Waals surface area contributed by atoms with Crippen LogP contribution in [-0.2, 0) is 11.2 Å². The summed E-state index contributed by atoms with van der Waals surface area (Å²) in [5, 5.41) is 14.7. The number of nitriles is 1. The minimum atomic E-state index is -0.435. The molecule has 0 spiro atoms. The molecule has 0 radical (unpaired) electrons. The number of methoxy groups -OCH3 is 2. The first-order chi connectivity index (χ1) is 12.1. The first kappa shape index (κ1) is 18.1. The van der Waals surface area contributed by atoms with Crippen molar-refractivity contribution in [1.29, 1.82) is 5.26 Å². The number of anilines is 2. The zero-order valence-electron chi connectivity index (χ0n) is 14.5. The largest absolute Gasteiger partial charge is 0.493 e. The summed E-state index contributed by atoms with van der Waals surface area (Å²) in [7, 11) is 3.10. The second-order valence-corrected chi connectivity index (χ2v) is 5.46. The quantitative estimate of drug-likeness (QED) is 0.809. The molecule has 0 aliphatic carbocycles. The molecule has 2 aromatic rings. The molecule has 0 saturated heterocycles. The fourth-order valence-electron chi connectivity index (χ4n) is 2.29. The normalized spacial score (nSPS) is 11.1. The van der Waals surface area contributed by atoms with Gasteiger partial charge in [0.25, 0.3) is 0 Å². The monoisotopic (exact) mass is 339 g/mol. The Bertz CT molecular complexity index is 766. The summed E-state index contributed by atoms with van der Waals surface area (Å²) in [6, 6.07) is 14.3. The minimum absolute atomic E-state index is 0.173. The first-order valence-electron chi connectivity index (χ1n) is 7.82. The summed E-state index contributed by atoms with van der Waals surface area (Å²) in [4.78, 5) is 12.4. The van der Waals surface area contributed by atoms with Gasteiger partial charge in [0, 0.05) is 17.4 Å². The van der Waals surface area contributed by atoms with E-state index in [1.165, 1.54) is 0 Å². The molecule has 1 atom stereocenters. The standard InChI is InChI=1S/C19H21N3O3/c1-13(21-15-6-4-14(5-7-15)10-11-20)19(23)22-16-8-9-17(24-2)18(12-16)25-3/h4-9,12-13,21H,10H2,1-3H3,(H,22,23). The van der Waals surface area contributed by atoms with Gasteiger partial charge in [-0.1, -0.05) is 12.1 Å². The van der Waals surface area contributed by atoms with Crippen LogP contribution in [0, 0.1) is 11.3 Å². The summed E-state index contributed by atoms with van der Waals surface area (Å²) in [6.07, 6.45) is 0.371. The number of hydrogen-bond acceptors (Lipinski definition) is 5. The Morgan fingerprint density at radius 3 is 2.32 bits per heavy atom. The lowest BCUT2D eigenvalue weighted by Gasteiger charge is -2.16. The van der Waals surface area contributed by atoms with Crippen LogP contribution in [0.3, 0.4) is 0 Å². The van der Waals surface area contributed by atoms with Gasteiger partial charge in [-0.3, -0.25) is 4.79 Å². The average molecular weight is 339 g/mol. The van der Waals surface area contributed by atoms with Crippen LogP contribution in [0.4, 0.5) is 11.4 Å². The van der Waals surface area contributed by atoms with Gasteiger partial charge in [-0.15, -0.1) is 0 Å². The molecule has 0 heterocycles. The van der Waals surface area contributed by atoms with Crippen molar-refractivity contribution in [2.24, 2.45) is 0 Å². The summed E-state index contributed by atoms with van der Waals surface area (Å²) in [5.74, 6) is 0.978. The Kier molecular flexibility index (Phi) is 6.24. The second kappa shape index (κ2) is 8.60. The van der Waals surface area contributed by atoms with E-state index in [1.807, 2.05) is 24.3 Å². The van der Waals surface area contributed by atoms with E-state index in [1.54, 1.807) is 39.3 Å². The molecule has 2 rings (SSSR count). The van der Waals surface area contributed by atoms with E-state index in [0.717, 1.165) is 11.3 Å². The fourth-order valence-corrected chi connectivity index (χ4v) is 2.29. The van der Waals surface area contributed by atoms with Crippen molar-refractivity contribution >= 4 is 17.3 Å². The van der Waals surface area contributed by atoms with E-state index in [0.29, 0.717) is 23.6 Å². The number of carbonyl (C=O) groups excluding carboxylic acids is 1. The number of benzene rings is 2. The van der Waals surface area contributed by atoms with E-state index >= 15 is 0 Å². The predicted molar refractivity (Wildman–Crippen MR) is 97.0 cm³/mol. The van der Waals surface area contributed by atoms with Crippen LogP contribution in [0.2, 0.25) is 0 Å². The fraction of sp³-hybridized carbons (Fsp3) is 0.263. The Morgan fingerprint density at radius 1 is 1.08 bits per heavy atom. The number of ether oxygens (including phenoxy) is 2. The van der Waals surface area contributed by atoms with Gasteiger partial charge in [0.15, 0.2) is 11.5 Å². The Labute approximate surface area is 147 Å². The first-order valence-corrected chi connectivity index (χ1v) is 7.82. The second-order valence-electron chi connectivity index (χ2n) is 5.46. The molecule has 130 valence electrons.